The van der Waals surface area contributed by atoms with Gasteiger partial charge >= 0.3 is 0 Å². The predicted octanol–water partition coefficient (Wildman–Crippen LogP) is 2.81. The summed E-state index contributed by atoms with van der Waals surface area (Å²) in [4.78, 5) is 4.19. The maximum atomic E-state index is 8.83. The molecule has 0 aliphatic rings. The van der Waals surface area contributed by atoms with Crippen molar-refractivity contribution in [1.82, 2.24) is 0 Å². The Bertz CT molecular complexity index is 416. The van der Waals surface area contributed by atoms with Crippen molar-refractivity contribution in [3.05, 3.63) is 42.5 Å². The summed E-state index contributed by atoms with van der Waals surface area (Å²) >= 11 is 0. The van der Waals surface area contributed by atoms with E-state index in [1.807, 2.05) is 6.07 Å². The normalized spacial score (nSPS) is 10.5. The van der Waals surface area contributed by atoms with Crippen molar-refractivity contribution >= 4 is 11.6 Å². The van der Waals surface area contributed by atoms with E-state index in [1.54, 1.807) is 31.2 Å². The molecule has 0 heterocycles. The molecule has 0 bridgehead atoms. The summed E-state index contributed by atoms with van der Waals surface area (Å²) in [6, 6.07) is 9.21. The van der Waals surface area contributed by atoms with Crippen LogP contribution >= 0.6 is 0 Å². The van der Waals surface area contributed by atoms with E-state index in [1.165, 1.54) is 0 Å². The molecule has 0 aromatic heterocycles. The molecule has 0 amide bonds. The quantitative estimate of drug-likeness (QED) is 0.428. The van der Waals surface area contributed by atoms with Gasteiger partial charge in [0.25, 0.3) is 0 Å². The minimum absolute atomic E-state index is 0.421. The number of hydrogen-bond donors (Lipinski definition) is 0. The number of aliphatic imine (C=N–C) groups is 1. The van der Waals surface area contributed by atoms with Crippen molar-refractivity contribution in [2.45, 2.75) is 6.92 Å². The molecule has 0 fully saturated rings. The highest BCUT2D eigenvalue weighted by Gasteiger charge is 1.99. The minimum Gasteiger partial charge on any atom is -0.477 e. The highest BCUT2D eigenvalue weighted by Crippen LogP contribution is 2.17. The van der Waals surface area contributed by atoms with Crippen LogP contribution in [0.4, 0.5) is 5.69 Å². The fraction of sp³-hybridized carbons (Fsp3) is 0.167. The van der Waals surface area contributed by atoms with E-state index < -0.39 is 0 Å². The molecule has 1 aromatic rings. The lowest BCUT2D eigenvalue weighted by Crippen LogP contribution is -1.98. The molecule has 0 aliphatic carbocycles. The Balaban J connectivity index is 2.88. The molecule has 0 unspecified atom stereocenters. The first-order chi connectivity index (χ1) is 7.27. The molecular weight excluding hydrogens is 188 g/mol. The first-order valence-electron chi connectivity index (χ1n) is 4.56. The largest absolute Gasteiger partial charge is 0.477 e. The van der Waals surface area contributed by atoms with Crippen LogP contribution in [-0.2, 0) is 4.74 Å². The molecule has 0 saturated heterocycles. The third-order valence-electron chi connectivity index (χ3n) is 1.71. The summed E-state index contributed by atoms with van der Waals surface area (Å²) in [5, 5.41) is 8.83. The van der Waals surface area contributed by atoms with Crippen molar-refractivity contribution in [3.8, 4) is 6.07 Å². The Morgan fingerprint density at radius 3 is 3.00 bits per heavy atom. The van der Waals surface area contributed by atoms with E-state index in [2.05, 4.69) is 17.6 Å². The van der Waals surface area contributed by atoms with E-state index in [-0.39, 0.29) is 0 Å². The van der Waals surface area contributed by atoms with Crippen molar-refractivity contribution in [2.24, 2.45) is 4.99 Å². The van der Waals surface area contributed by atoms with Gasteiger partial charge in [0.05, 0.1) is 11.3 Å². The monoisotopic (exact) mass is 200 g/mol. The summed E-state index contributed by atoms with van der Waals surface area (Å²) in [5.41, 5.74) is 1.17. The molecule has 0 radical (unpaired) electrons. The molecule has 1 rings (SSSR count). The summed E-state index contributed by atoms with van der Waals surface area (Å²) in [5.74, 6) is 0.526. The van der Waals surface area contributed by atoms with Crippen LogP contribution in [0.2, 0.25) is 0 Å². The second-order valence-corrected chi connectivity index (χ2v) is 2.86. The van der Waals surface area contributed by atoms with Gasteiger partial charge in [0.1, 0.15) is 12.7 Å². The van der Waals surface area contributed by atoms with Crippen LogP contribution in [0.25, 0.3) is 0 Å². The second-order valence-electron chi connectivity index (χ2n) is 2.86. The van der Waals surface area contributed by atoms with Crippen LogP contribution in [0, 0.1) is 11.3 Å². The topological polar surface area (TPSA) is 45.4 Å². The molecule has 0 spiro atoms. The molecule has 15 heavy (non-hydrogen) atoms. The first-order valence-corrected chi connectivity index (χ1v) is 4.56. The van der Waals surface area contributed by atoms with E-state index in [0.29, 0.717) is 23.8 Å². The molecule has 0 saturated carbocycles. The lowest BCUT2D eigenvalue weighted by atomic mass is 10.2. The van der Waals surface area contributed by atoms with Gasteiger partial charge in [-0.1, -0.05) is 24.8 Å². The van der Waals surface area contributed by atoms with Gasteiger partial charge < -0.3 is 4.74 Å². The van der Waals surface area contributed by atoms with Gasteiger partial charge in [0, 0.05) is 6.92 Å². The van der Waals surface area contributed by atoms with Crippen LogP contribution in [0.5, 0.6) is 0 Å². The van der Waals surface area contributed by atoms with Gasteiger partial charge in [0.2, 0.25) is 0 Å². The zero-order valence-corrected chi connectivity index (χ0v) is 8.60. The fourth-order valence-electron chi connectivity index (χ4n) is 1.05. The standard InChI is InChI=1S/C12H12N2O/c1-3-8-15-10(2)14-12-7-5-4-6-11(12)9-13/h3-7H,1,8H2,2H3. The minimum atomic E-state index is 0.421. The number of rotatable bonds is 3. The van der Waals surface area contributed by atoms with Crippen molar-refractivity contribution < 1.29 is 4.74 Å². The van der Waals surface area contributed by atoms with Gasteiger partial charge in [-0.3, -0.25) is 0 Å². The third-order valence-corrected chi connectivity index (χ3v) is 1.71. The molecule has 0 aliphatic heterocycles. The van der Waals surface area contributed by atoms with Gasteiger partial charge in [-0.2, -0.15) is 5.26 Å². The maximum Gasteiger partial charge on any atom is 0.185 e. The SMILES string of the molecule is C=CCOC(C)=Nc1ccccc1C#N. The second kappa shape index (κ2) is 5.61. The van der Waals surface area contributed by atoms with Crippen LogP contribution < -0.4 is 0 Å². The Hall–Kier alpha value is -2.08. The van der Waals surface area contributed by atoms with Gasteiger partial charge in [-0.05, 0) is 12.1 Å². The Labute approximate surface area is 89.3 Å². The number of nitrogens with zero attached hydrogens (tertiary/aromatic N) is 2. The summed E-state index contributed by atoms with van der Waals surface area (Å²) < 4.78 is 5.22. The Kier molecular flexibility index (Phi) is 4.11. The van der Waals surface area contributed by atoms with Gasteiger partial charge in [0.15, 0.2) is 5.90 Å². The Morgan fingerprint density at radius 2 is 2.33 bits per heavy atom. The number of para-hydroxylation sites is 1. The summed E-state index contributed by atoms with van der Waals surface area (Å²) in [6.07, 6.45) is 1.65. The van der Waals surface area contributed by atoms with E-state index >= 15 is 0 Å². The molecule has 3 heteroatoms. The van der Waals surface area contributed by atoms with E-state index in [0.717, 1.165) is 0 Å². The lowest BCUT2D eigenvalue weighted by Gasteiger charge is -2.02. The first kappa shape index (κ1) is 11.0. The molecule has 3 nitrogen and oxygen atoms in total. The van der Waals surface area contributed by atoms with Gasteiger partial charge in [-0.25, -0.2) is 4.99 Å². The predicted molar refractivity (Wildman–Crippen MR) is 60.1 cm³/mol. The van der Waals surface area contributed by atoms with Crippen molar-refractivity contribution in [1.29, 1.82) is 5.26 Å². The number of benzene rings is 1. The van der Waals surface area contributed by atoms with Crippen LogP contribution in [0.1, 0.15) is 12.5 Å². The average molecular weight is 200 g/mol. The lowest BCUT2D eigenvalue weighted by molar-refractivity contribution is 0.348. The van der Waals surface area contributed by atoms with Crippen molar-refractivity contribution in [2.75, 3.05) is 6.61 Å². The van der Waals surface area contributed by atoms with E-state index in [9.17, 15) is 0 Å². The Morgan fingerprint density at radius 1 is 1.60 bits per heavy atom. The summed E-state index contributed by atoms with van der Waals surface area (Å²) in [6.45, 7) is 5.71. The van der Waals surface area contributed by atoms with Crippen molar-refractivity contribution in [3.63, 3.8) is 0 Å². The molecule has 0 atom stereocenters. The zero-order chi connectivity index (χ0) is 11.1. The fourth-order valence-corrected chi connectivity index (χ4v) is 1.05. The highest BCUT2D eigenvalue weighted by molar-refractivity contribution is 5.78. The molecule has 1 aromatic carbocycles. The molecular formula is C12H12N2O. The molecule has 0 N–H and O–H groups in total. The zero-order valence-electron chi connectivity index (χ0n) is 8.60. The maximum absolute atomic E-state index is 8.83. The number of hydrogen-bond acceptors (Lipinski definition) is 3. The number of ether oxygens (including phenoxy) is 1. The van der Waals surface area contributed by atoms with Crippen LogP contribution in [-0.4, -0.2) is 12.5 Å². The average Bonchev–Trinajstić information content (AvgIpc) is 2.27. The number of nitriles is 1. The third kappa shape index (κ3) is 3.28. The van der Waals surface area contributed by atoms with Gasteiger partial charge in [-0.15, -0.1) is 0 Å². The van der Waals surface area contributed by atoms with E-state index in [4.69, 9.17) is 10.00 Å². The van der Waals surface area contributed by atoms with Crippen LogP contribution in [0.15, 0.2) is 41.9 Å². The summed E-state index contributed by atoms with van der Waals surface area (Å²) in [7, 11) is 0. The highest BCUT2D eigenvalue weighted by atomic mass is 16.5. The molecule has 76 valence electrons. The smallest absolute Gasteiger partial charge is 0.185 e. The van der Waals surface area contributed by atoms with Crippen LogP contribution in [0.3, 0.4) is 0 Å².